The number of aliphatic hydroxyl groups is 1. The van der Waals surface area contributed by atoms with Gasteiger partial charge in [0.1, 0.15) is 6.04 Å². The van der Waals surface area contributed by atoms with Gasteiger partial charge in [0.25, 0.3) is 5.91 Å². The number of rotatable bonds is 15. The van der Waals surface area contributed by atoms with E-state index in [1.54, 1.807) is 13.8 Å². The SMILES string of the molecule is CC(C)C(NC(=O)CCC(=O)O)C1=NOC(CO)(C(=O)N[C@@H](CC(=O)O)C(=O)COC(=O)c2c(Cl)cccc2Cl)C1. The summed E-state index contributed by atoms with van der Waals surface area (Å²) in [5.41, 5.74) is -2.12. The molecular weight excluding hydrogens is 589 g/mol. The quantitative estimate of drug-likeness (QED) is 0.176. The molecule has 0 saturated heterocycles. The third-order valence-electron chi connectivity index (χ3n) is 5.97. The molecule has 14 nitrogen and oxygen atoms in total. The first-order valence-corrected chi connectivity index (χ1v) is 13.0. The summed E-state index contributed by atoms with van der Waals surface area (Å²) in [4.78, 5) is 78.0. The first-order valence-electron chi connectivity index (χ1n) is 12.2. The number of Topliss-reactive ketones (excluding diaryl/α,β-unsaturated/α-hetero) is 1. The van der Waals surface area contributed by atoms with Gasteiger partial charge in [-0.3, -0.25) is 24.0 Å². The Bertz CT molecular complexity index is 1220. The van der Waals surface area contributed by atoms with Crippen LogP contribution in [-0.2, 0) is 33.5 Å². The van der Waals surface area contributed by atoms with Gasteiger partial charge in [-0.25, -0.2) is 4.79 Å². The molecule has 0 saturated carbocycles. The minimum atomic E-state index is -2.06. The number of carboxylic acid groups (broad SMARTS) is 2. The number of amides is 2. The summed E-state index contributed by atoms with van der Waals surface area (Å²) >= 11 is 11.9. The Morgan fingerprint density at radius 3 is 2.22 bits per heavy atom. The fraction of sp³-hybridized carbons (Fsp3) is 0.480. The second kappa shape index (κ2) is 14.8. The molecule has 2 rings (SSSR count). The molecule has 3 atom stereocenters. The molecule has 1 aliphatic rings. The number of oxime groups is 1. The number of aliphatic hydroxyl groups excluding tert-OH is 1. The van der Waals surface area contributed by atoms with E-state index in [2.05, 4.69) is 15.8 Å². The zero-order valence-corrected chi connectivity index (χ0v) is 23.5. The van der Waals surface area contributed by atoms with Crippen molar-refractivity contribution in [3.63, 3.8) is 0 Å². The summed E-state index contributed by atoms with van der Waals surface area (Å²) in [5, 5.41) is 36.7. The van der Waals surface area contributed by atoms with Crippen LogP contribution in [0, 0.1) is 5.92 Å². The molecule has 0 spiro atoms. The fourth-order valence-corrected chi connectivity index (χ4v) is 4.31. The first-order chi connectivity index (χ1) is 19.2. The van der Waals surface area contributed by atoms with E-state index < -0.39 is 79.2 Å². The van der Waals surface area contributed by atoms with Crippen LogP contribution in [-0.4, -0.2) is 87.4 Å². The number of hydrogen-bond acceptors (Lipinski definition) is 10. The van der Waals surface area contributed by atoms with Gasteiger partial charge in [0, 0.05) is 12.8 Å². The molecule has 1 aliphatic heterocycles. The lowest BCUT2D eigenvalue weighted by Gasteiger charge is -2.27. The number of carbonyl (C=O) groups is 6. The van der Waals surface area contributed by atoms with Crippen LogP contribution < -0.4 is 10.6 Å². The number of nitrogens with one attached hydrogen (secondary N) is 2. The van der Waals surface area contributed by atoms with Gasteiger partial charge in [-0.05, 0) is 18.1 Å². The monoisotopic (exact) mass is 617 g/mol. The maximum atomic E-state index is 13.2. The second-order valence-corrected chi connectivity index (χ2v) is 10.3. The van der Waals surface area contributed by atoms with Crippen LogP contribution in [0.5, 0.6) is 0 Å². The van der Waals surface area contributed by atoms with Crippen molar-refractivity contribution in [1.82, 2.24) is 10.6 Å². The Morgan fingerprint density at radius 1 is 1.05 bits per heavy atom. The minimum absolute atomic E-state index is 0.0396. The van der Waals surface area contributed by atoms with Crippen molar-refractivity contribution >= 4 is 64.4 Å². The van der Waals surface area contributed by atoms with Crippen LogP contribution in [0.1, 0.15) is 49.9 Å². The Balaban J connectivity index is 2.12. The average molecular weight is 618 g/mol. The van der Waals surface area contributed by atoms with E-state index in [1.807, 2.05) is 0 Å². The van der Waals surface area contributed by atoms with Gasteiger partial charge in [-0.15, -0.1) is 0 Å². The number of ether oxygens (including phenoxy) is 1. The van der Waals surface area contributed by atoms with Crippen molar-refractivity contribution < 1.29 is 53.7 Å². The van der Waals surface area contributed by atoms with E-state index in [4.69, 9.17) is 37.9 Å². The zero-order valence-electron chi connectivity index (χ0n) is 22.0. The molecule has 2 unspecified atom stereocenters. The minimum Gasteiger partial charge on any atom is -0.481 e. The van der Waals surface area contributed by atoms with Crippen molar-refractivity contribution in [2.24, 2.45) is 11.1 Å². The Labute approximate surface area is 243 Å². The van der Waals surface area contributed by atoms with Crippen LogP contribution in [0.3, 0.4) is 0 Å². The second-order valence-electron chi connectivity index (χ2n) is 9.45. The van der Waals surface area contributed by atoms with Gasteiger partial charge in [0.05, 0.1) is 46.8 Å². The molecule has 0 radical (unpaired) electrons. The van der Waals surface area contributed by atoms with E-state index in [0.717, 1.165) is 0 Å². The Hall–Kier alpha value is -3.75. The molecule has 16 heteroatoms. The third kappa shape index (κ3) is 9.13. The fourth-order valence-electron chi connectivity index (χ4n) is 3.76. The van der Waals surface area contributed by atoms with E-state index in [1.165, 1.54) is 18.2 Å². The van der Waals surface area contributed by atoms with E-state index >= 15 is 0 Å². The predicted molar refractivity (Wildman–Crippen MR) is 143 cm³/mol. The maximum absolute atomic E-state index is 13.2. The molecule has 0 fully saturated rings. The smallest absolute Gasteiger partial charge is 0.341 e. The molecule has 224 valence electrons. The summed E-state index contributed by atoms with van der Waals surface area (Å²) in [6.45, 7) is 1.58. The van der Waals surface area contributed by atoms with Crippen molar-refractivity contribution in [1.29, 1.82) is 0 Å². The Morgan fingerprint density at radius 2 is 1.68 bits per heavy atom. The lowest BCUT2D eigenvalue weighted by Crippen LogP contribution is -2.56. The normalized spacial score (nSPS) is 17.6. The largest absolute Gasteiger partial charge is 0.481 e. The molecule has 1 heterocycles. The summed E-state index contributed by atoms with van der Waals surface area (Å²) < 4.78 is 4.94. The van der Waals surface area contributed by atoms with Crippen LogP contribution in [0.25, 0.3) is 0 Å². The van der Waals surface area contributed by atoms with Gasteiger partial charge in [0.15, 0.2) is 12.4 Å². The summed E-state index contributed by atoms with van der Waals surface area (Å²) in [7, 11) is 0. The highest BCUT2D eigenvalue weighted by Crippen LogP contribution is 2.28. The molecule has 5 N–H and O–H groups in total. The molecule has 1 aromatic carbocycles. The number of benzene rings is 1. The first kappa shape index (κ1) is 33.5. The van der Waals surface area contributed by atoms with Crippen LogP contribution >= 0.6 is 23.2 Å². The summed E-state index contributed by atoms with van der Waals surface area (Å²) in [6, 6.07) is 1.75. The van der Waals surface area contributed by atoms with Crippen molar-refractivity contribution in [3.05, 3.63) is 33.8 Å². The van der Waals surface area contributed by atoms with E-state index in [-0.39, 0.29) is 40.1 Å². The van der Waals surface area contributed by atoms with Gasteiger partial charge in [-0.2, -0.15) is 0 Å². The van der Waals surface area contributed by atoms with Gasteiger partial charge >= 0.3 is 17.9 Å². The van der Waals surface area contributed by atoms with Crippen molar-refractivity contribution in [2.45, 2.75) is 57.2 Å². The lowest BCUT2D eigenvalue weighted by molar-refractivity contribution is -0.152. The maximum Gasteiger partial charge on any atom is 0.341 e. The average Bonchev–Trinajstić information content (AvgIpc) is 3.33. The Kier molecular flexibility index (Phi) is 12.0. The third-order valence-corrected chi connectivity index (χ3v) is 6.60. The van der Waals surface area contributed by atoms with Crippen LogP contribution in [0.15, 0.2) is 23.4 Å². The van der Waals surface area contributed by atoms with Crippen molar-refractivity contribution in [2.75, 3.05) is 13.2 Å². The molecule has 2 amide bonds. The van der Waals surface area contributed by atoms with Gasteiger partial charge in [0.2, 0.25) is 11.5 Å². The number of aliphatic carboxylic acids is 2. The standard InChI is InChI=1S/C25H29Cl2N3O11/c1-12(2)22(29-18(33)6-7-19(34)35)16-9-25(11-31,41-30-16)24(39)28-15(8-20(36)37)17(32)10-40-23(38)21-13(26)4-3-5-14(21)27/h3-5,12,15,22,31H,6-11H2,1-2H3,(H,28,39)(H,29,33)(H,34,35)(H,36,37)/t15-,22?,25?/m0/s1. The van der Waals surface area contributed by atoms with Gasteiger partial charge < -0.3 is 35.5 Å². The zero-order chi connectivity index (χ0) is 30.9. The molecule has 0 aromatic heterocycles. The number of halogens is 2. The number of hydrogen-bond donors (Lipinski definition) is 5. The summed E-state index contributed by atoms with van der Waals surface area (Å²) in [6.07, 6.45) is -1.93. The molecule has 1 aromatic rings. The highest BCUT2D eigenvalue weighted by molar-refractivity contribution is 6.39. The van der Waals surface area contributed by atoms with Gasteiger partial charge in [-0.1, -0.05) is 48.3 Å². The highest BCUT2D eigenvalue weighted by Gasteiger charge is 2.49. The molecule has 0 bridgehead atoms. The highest BCUT2D eigenvalue weighted by atomic mass is 35.5. The number of carboxylic acids is 2. The van der Waals surface area contributed by atoms with Crippen molar-refractivity contribution in [3.8, 4) is 0 Å². The summed E-state index contributed by atoms with van der Waals surface area (Å²) in [5.74, 6) is -6.62. The van der Waals surface area contributed by atoms with Crippen LogP contribution in [0.2, 0.25) is 10.0 Å². The molecular formula is C25H29Cl2N3O11. The number of nitrogens with zero attached hydrogens (tertiary/aromatic N) is 1. The van der Waals surface area contributed by atoms with E-state index in [9.17, 15) is 39.0 Å². The topological polar surface area (TPSA) is 218 Å². The molecule has 41 heavy (non-hydrogen) atoms. The molecule has 0 aliphatic carbocycles. The number of carbonyl (C=O) groups excluding carboxylic acids is 4. The predicted octanol–water partition coefficient (Wildman–Crippen LogP) is 1.19. The number of esters is 1. The van der Waals surface area contributed by atoms with Crippen LogP contribution in [0.4, 0.5) is 0 Å². The van der Waals surface area contributed by atoms with E-state index in [0.29, 0.717) is 0 Å². The lowest BCUT2D eigenvalue weighted by atomic mass is 9.89. The number of ketones is 1.